The highest BCUT2D eigenvalue weighted by atomic mass is 19.1. The minimum Gasteiger partial charge on any atom is -0.506 e. The Labute approximate surface area is 196 Å². The summed E-state index contributed by atoms with van der Waals surface area (Å²) in [5.41, 5.74) is 4.34. The molecular formula is C29H22FNO3. The van der Waals surface area contributed by atoms with Crippen LogP contribution in [-0.2, 0) is 11.3 Å². The predicted molar refractivity (Wildman–Crippen MR) is 133 cm³/mol. The van der Waals surface area contributed by atoms with Gasteiger partial charge in [0.2, 0.25) is 0 Å². The largest absolute Gasteiger partial charge is 0.506 e. The Bertz CT molecular complexity index is 1540. The monoisotopic (exact) mass is 451 g/mol. The molecule has 0 saturated heterocycles. The van der Waals surface area contributed by atoms with Crippen molar-refractivity contribution in [3.63, 3.8) is 0 Å². The summed E-state index contributed by atoms with van der Waals surface area (Å²) in [7, 11) is 1.65. The van der Waals surface area contributed by atoms with Gasteiger partial charge in [0.25, 0.3) is 5.56 Å². The summed E-state index contributed by atoms with van der Waals surface area (Å²) >= 11 is 0. The quantitative estimate of drug-likeness (QED) is 0.340. The normalized spacial score (nSPS) is 11.1. The SMILES string of the molecule is COCc1ccccc1-c1ccc2c(O)c(-c3ccc(F)cc3)c(=O)n(-c3ccccc3)c2c1. The van der Waals surface area contributed by atoms with Crippen LogP contribution in [-0.4, -0.2) is 16.8 Å². The number of aromatic nitrogens is 1. The molecule has 0 bridgehead atoms. The molecule has 0 unspecified atom stereocenters. The number of pyridine rings is 1. The van der Waals surface area contributed by atoms with E-state index in [1.165, 1.54) is 24.3 Å². The van der Waals surface area contributed by atoms with E-state index in [2.05, 4.69) is 0 Å². The van der Waals surface area contributed by atoms with Crippen molar-refractivity contribution < 1.29 is 14.2 Å². The van der Waals surface area contributed by atoms with Gasteiger partial charge in [-0.15, -0.1) is 0 Å². The van der Waals surface area contributed by atoms with Crippen LogP contribution in [0.15, 0.2) is 102 Å². The van der Waals surface area contributed by atoms with Crippen LogP contribution < -0.4 is 5.56 Å². The van der Waals surface area contributed by atoms with E-state index < -0.39 is 5.82 Å². The van der Waals surface area contributed by atoms with Gasteiger partial charge in [-0.2, -0.15) is 0 Å². The molecule has 0 spiro atoms. The van der Waals surface area contributed by atoms with Crippen LogP contribution in [0.4, 0.5) is 4.39 Å². The first-order valence-electron chi connectivity index (χ1n) is 10.9. The molecule has 0 atom stereocenters. The first kappa shape index (κ1) is 21.6. The lowest BCUT2D eigenvalue weighted by Crippen LogP contribution is -2.21. The standard InChI is InChI=1S/C29H22FNO3/c1-34-18-21-7-5-6-10-24(21)20-13-16-25-26(17-20)31(23-8-3-2-4-9-23)29(33)27(28(25)32)19-11-14-22(30)15-12-19/h2-17,32H,18H2,1H3. The third-order valence-corrected chi connectivity index (χ3v) is 5.92. The molecule has 0 amide bonds. The molecule has 168 valence electrons. The molecule has 0 aliphatic rings. The minimum absolute atomic E-state index is 0.129. The van der Waals surface area contributed by atoms with E-state index in [-0.39, 0.29) is 16.9 Å². The fourth-order valence-electron chi connectivity index (χ4n) is 4.34. The van der Waals surface area contributed by atoms with E-state index in [9.17, 15) is 14.3 Å². The molecule has 1 heterocycles. The number of para-hydroxylation sites is 1. The number of benzene rings is 4. The molecule has 4 nitrogen and oxygen atoms in total. The number of halogens is 1. The van der Waals surface area contributed by atoms with E-state index >= 15 is 0 Å². The lowest BCUT2D eigenvalue weighted by Gasteiger charge is -2.17. The maximum Gasteiger partial charge on any atom is 0.267 e. The van der Waals surface area contributed by atoms with E-state index in [4.69, 9.17) is 4.74 Å². The van der Waals surface area contributed by atoms with Gasteiger partial charge in [0, 0.05) is 18.2 Å². The zero-order chi connectivity index (χ0) is 23.7. The van der Waals surface area contributed by atoms with E-state index in [0.717, 1.165) is 16.7 Å². The highest BCUT2D eigenvalue weighted by molar-refractivity contribution is 5.95. The maximum atomic E-state index is 13.8. The van der Waals surface area contributed by atoms with Gasteiger partial charge in [0.1, 0.15) is 11.6 Å². The fraction of sp³-hybridized carbons (Fsp3) is 0.0690. The molecule has 34 heavy (non-hydrogen) atoms. The molecule has 5 aromatic rings. The van der Waals surface area contributed by atoms with Crippen LogP contribution in [0.25, 0.3) is 38.8 Å². The van der Waals surface area contributed by atoms with Crippen molar-refractivity contribution in [1.82, 2.24) is 4.57 Å². The van der Waals surface area contributed by atoms with Crippen molar-refractivity contribution >= 4 is 10.9 Å². The summed E-state index contributed by atoms with van der Waals surface area (Å²) < 4.78 is 20.5. The van der Waals surface area contributed by atoms with Crippen molar-refractivity contribution in [2.45, 2.75) is 6.61 Å². The zero-order valence-corrected chi connectivity index (χ0v) is 18.5. The van der Waals surface area contributed by atoms with Crippen molar-refractivity contribution in [3.05, 3.63) is 119 Å². The van der Waals surface area contributed by atoms with E-state index in [0.29, 0.717) is 28.8 Å². The minimum atomic E-state index is -0.410. The molecule has 5 heteroatoms. The number of aromatic hydroxyl groups is 1. The molecule has 4 aromatic carbocycles. The van der Waals surface area contributed by atoms with Crippen LogP contribution in [0, 0.1) is 5.82 Å². The van der Waals surface area contributed by atoms with Gasteiger partial charge in [-0.25, -0.2) is 4.39 Å². The number of nitrogens with zero attached hydrogens (tertiary/aromatic N) is 1. The molecule has 1 N–H and O–H groups in total. The molecule has 1 aromatic heterocycles. The summed E-state index contributed by atoms with van der Waals surface area (Å²) in [4.78, 5) is 13.8. The Kier molecular flexibility index (Phi) is 5.70. The fourth-order valence-corrected chi connectivity index (χ4v) is 4.34. The molecule has 0 saturated carbocycles. The number of rotatable bonds is 5. The van der Waals surface area contributed by atoms with Crippen molar-refractivity contribution in [2.75, 3.05) is 7.11 Å². The van der Waals surface area contributed by atoms with Gasteiger partial charge in [0.05, 0.1) is 17.7 Å². The molecular weight excluding hydrogens is 429 g/mol. The first-order chi connectivity index (χ1) is 16.6. The average Bonchev–Trinajstić information content (AvgIpc) is 2.86. The first-order valence-corrected chi connectivity index (χ1v) is 10.9. The number of hydrogen-bond donors (Lipinski definition) is 1. The van der Waals surface area contributed by atoms with Crippen molar-refractivity contribution in [3.8, 4) is 33.7 Å². The number of hydrogen-bond acceptors (Lipinski definition) is 3. The van der Waals surface area contributed by atoms with Gasteiger partial charge in [-0.3, -0.25) is 9.36 Å². The maximum absolute atomic E-state index is 13.8. The van der Waals surface area contributed by atoms with Crippen LogP contribution >= 0.6 is 0 Å². The van der Waals surface area contributed by atoms with Crippen LogP contribution in [0.2, 0.25) is 0 Å². The summed E-state index contributed by atoms with van der Waals surface area (Å²) in [6.45, 7) is 0.453. The Morgan fingerprint density at radius 2 is 1.53 bits per heavy atom. The smallest absolute Gasteiger partial charge is 0.267 e. The number of ether oxygens (including phenoxy) is 1. The average molecular weight is 451 g/mol. The van der Waals surface area contributed by atoms with Gasteiger partial charge >= 0.3 is 0 Å². The van der Waals surface area contributed by atoms with Gasteiger partial charge in [0.15, 0.2) is 0 Å². The number of methoxy groups -OCH3 is 1. The zero-order valence-electron chi connectivity index (χ0n) is 18.5. The summed E-state index contributed by atoms with van der Waals surface area (Å²) in [5.74, 6) is -0.540. The molecule has 0 aliphatic heterocycles. The Morgan fingerprint density at radius 3 is 2.26 bits per heavy atom. The molecule has 5 rings (SSSR count). The van der Waals surface area contributed by atoms with Crippen LogP contribution in [0.5, 0.6) is 5.75 Å². The van der Waals surface area contributed by atoms with Gasteiger partial charge in [-0.1, -0.05) is 60.7 Å². The second-order valence-corrected chi connectivity index (χ2v) is 8.03. The molecule has 0 aliphatic carbocycles. The van der Waals surface area contributed by atoms with E-state index in [1.54, 1.807) is 11.7 Å². The van der Waals surface area contributed by atoms with Gasteiger partial charge in [-0.05, 0) is 58.7 Å². The second kappa shape index (κ2) is 8.96. The summed E-state index contributed by atoms with van der Waals surface area (Å²) in [6.07, 6.45) is 0. The van der Waals surface area contributed by atoms with Crippen molar-refractivity contribution in [2.24, 2.45) is 0 Å². The van der Waals surface area contributed by atoms with Crippen LogP contribution in [0.3, 0.4) is 0 Å². The Balaban J connectivity index is 1.84. The summed E-state index contributed by atoms with van der Waals surface area (Å²) in [5, 5.41) is 11.7. The summed E-state index contributed by atoms with van der Waals surface area (Å²) in [6, 6.07) is 28.4. The molecule has 0 radical (unpaired) electrons. The highest BCUT2D eigenvalue weighted by Gasteiger charge is 2.20. The van der Waals surface area contributed by atoms with E-state index in [1.807, 2.05) is 72.8 Å². The number of fused-ring (bicyclic) bond motifs is 1. The molecule has 0 fully saturated rings. The van der Waals surface area contributed by atoms with Gasteiger partial charge < -0.3 is 9.84 Å². The lowest BCUT2D eigenvalue weighted by molar-refractivity contribution is 0.185. The topological polar surface area (TPSA) is 51.5 Å². The second-order valence-electron chi connectivity index (χ2n) is 8.03. The third-order valence-electron chi connectivity index (χ3n) is 5.92. The highest BCUT2D eigenvalue weighted by Crippen LogP contribution is 2.36. The third kappa shape index (κ3) is 3.76. The predicted octanol–water partition coefficient (Wildman–Crippen LogP) is 6.32. The lowest BCUT2D eigenvalue weighted by atomic mass is 9.97. The van der Waals surface area contributed by atoms with Crippen LogP contribution in [0.1, 0.15) is 5.56 Å². The Morgan fingerprint density at radius 1 is 0.853 bits per heavy atom. The van der Waals surface area contributed by atoms with Crippen molar-refractivity contribution in [1.29, 1.82) is 0 Å². The Hall–Kier alpha value is -4.22.